The van der Waals surface area contributed by atoms with E-state index in [1.807, 2.05) is 12.1 Å². The second kappa shape index (κ2) is 8.07. The average Bonchev–Trinajstić information content (AvgIpc) is 2.63. The number of halogens is 1. The molecule has 2 amide bonds. The van der Waals surface area contributed by atoms with Gasteiger partial charge in [-0.25, -0.2) is 4.79 Å². The molecule has 2 aromatic rings. The topological polar surface area (TPSA) is 63.7 Å². The van der Waals surface area contributed by atoms with Gasteiger partial charge in [0, 0.05) is 43.3 Å². The van der Waals surface area contributed by atoms with E-state index in [9.17, 15) is 4.79 Å². The Morgan fingerprint density at radius 2 is 1.96 bits per heavy atom. The number of benzene rings is 1. The fourth-order valence-corrected chi connectivity index (χ4v) is 2.93. The standard InChI is InChI=1S/C18H20ClN3O3/c1-24-17-3-2-13(19)12-16(17)21-18(23)22-10-6-15(7-11-22)25-14-4-8-20-9-5-14/h2-5,8-9,12,15H,6-7,10-11H2,1H3,(H,21,23). The molecule has 0 spiro atoms. The molecular weight excluding hydrogens is 342 g/mol. The number of urea groups is 1. The summed E-state index contributed by atoms with van der Waals surface area (Å²) in [5.74, 6) is 1.38. The summed E-state index contributed by atoms with van der Waals surface area (Å²) in [6.07, 6.45) is 5.07. The molecule has 0 saturated carbocycles. The van der Waals surface area contributed by atoms with Gasteiger partial charge in [0.05, 0.1) is 12.8 Å². The third kappa shape index (κ3) is 4.54. The maximum Gasteiger partial charge on any atom is 0.321 e. The van der Waals surface area contributed by atoms with Crippen molar-refractivity contribution in [2.45, 2.75) is 18.9 Å². The third-order valence-corrected chi connectivity index (χ3v) is 4.32. The van der Waals surface area contributed by atoms with E-state index in [-0.39, 0.29) is 12.1 Å². The maximum atomic E-state index is 12.5. The lowest BCUT2D eigenvalue weighted by atomic mass is 10.1. The number of amides is 2. The van der Waals surface area contributed by atoms with Gasteiger partial charge in [-0.2, -0.15) is 0 Å². The van der Waals surface area contributed by atoms with Gasteiger partial charge in [0.25, 0.3) is 0 Å². The van der Waals surface area contributed by atoms with Crippen LogP contribution in [-0.2, 0) is 0 Å². The highest BCUT2D eigenvalue weighted by atomic mass is 35.5. The lowest BCUT2D eigenvalue weighted by molar-refractivity contribution is 0.115. The second-order valence-corrected chi connectivity index (χ2v) is 6.20. The molecule has 0 unspecified atom stereocenters. The molecule has 1 saturated heterocycles. The molecule has 1 aromatic carbocycles. The molecule has 1 aromatic heterocycles. The number of nitrogens with zero attached hydrogens (tertiary/aromatic N) is 2. The average molecular weight is 362 g/mol. The van der Waals surface area contributed by atoms with Crippen LogP contribution in [0.15, 0.2) is 42.7 Å². The van der Waals surface area contributed by atoms with E-state index in [2.05, 4.69) is 10.3 Å². The second-order valence-electron chi connectivity index (χ2n) is 5.76. The number of piperidine rings is 1. The molecule has 132 valence electrons. The minimum atomic E-state index is -0.164. The minimum Gasteiger partial charge on any atom is -0.495 e. The Hall–Kier alpha value is -2.47. The molecular formula is C18H20ClN3O3. The molecule has 7 heteroatoms. The first-order valence-corrected chi connectivity index (χ1v) is 8.49. The summed E-state index contributed by atoms with van der Waals surface area (Å²) in [6.45, 7) is 1.26. The number of pyridine rings is 1. The Balaban J connectivity index is 1.54. The van der Waals surface area contributed by atoms with Crippen molar-refractivity contribution in [3.05, 3.63) is 47.7 Å². The SMILES string of the molecule is COc1ccc(Cl)cc1NC(=O)N1CCC(Oc2ccncc2)CC1. The van der Waals surface area contributed by atoms with Crippen LogP contribution in [0.2, 0.25) is 5.02 Å². The Kier molecular flexibility index (Phi) is 5.60. The fraction of sp³-hybridized carbons (Fsp3) is 0.333. The number of likely N-dealkylation sites (tertiary alicyclic amines) is 1. The molecule has 1 aliphatic heterocycles. The van der Waals surface area contributed by atoms with Crippen molar-refractivity contribution in [2.75, 3.05) is 25.5 Å². The van der Waals surface area contributed by atoms with Crippen molar-refractivity contribution in [3.8, 4) is 11.5 Å². The molecule has 1 fully saturated rings. The normalized spacial score (nSPS) is 14.9. The molecule has 3 rings (SSSR count). The van der Waals surface area contributed by atoms with Gasteiger partial charge in [0.15, 0.2) is 0 Å². The zero-order valence-corrected chi connectivity index (χ0v) is 14.7. The number of carbonyl (C=O) groups excluding carboxylic acids is 1. The Morgan fingerprint density at radius 1 is 1.24 bits per heavy atom. The Labute approximate surface area is 151 Å². The van der Waals surface area contributed by atoms with Crippen molar-refractivity contribution in [3.63, 3.8) is 0 Å². The van der Waals surface area contributed by atoms with Crippen molar-refractivity contribution in [1.82, 2.24) is 9.88 Å². The number of aromatic nitrogens is 1. The minimum absolute atomic E-state index is 0.104. The largest absolute Gasteiger partial charge is 0.495 e. The van der Waals surface area contributed by atoms with Crippen LogP contribution in [0.5, 0.6) is 11.5 Å². The van der Waals surface area contributed by atoms with Crippen LogP contribution in [0.3, 0.4) is 0 Å². The molecule has 1 N–H and O–H groups in total. The fourth-order valence-electron chi connectivity index (χ4n) is 2.76. The molecule has 0 aliphatic carbocycles. The summed E-state index contributed by atoms with van der Waals surface area (Å²) in [5, 5.41) is 3.41. The molecule has 0 bridgehead atoms. The Morgan fingerprint density at radius 3 is 2.64 bits per heavy atom. The van der Waals surface area contributed by atoms with Crippen LogP contribution >= 0.6 is 11.6 Å². The lowest BCUT2D eigenvalue weighted by Crippen LogP contribution is -2.43. The maximum absolute atomic E-state index is 12.5. The van der Waals surface area contributed by atoms with Gasteiger partial charge in [0.1, 0.15) is 17.6 Å². The molecule has 25 heavy (non-hydrogen) atoms. The monoisotopic (exact) mass is 361 g/mol. The van der Waals surface area contributed by atoms with E-state index in [1.54, 1.807) is 42.6 Å². The quantitative estimate of drug-likeness (QED) is 0.899. The summed E-state index contributed by atoms with van der Waals surface area (Å²) in [7, 11) is 1.56. The summed E-state index contributed by atoms with van der Waals surface area (Å²) >= 11 is 6.00. The number of ether oxygens (including phenoxy) is 2. The van der Waals surface area contributed by atoms with E-state index >= 15 is 0 Å². The van der Waals surface area contributed by atoms with Gasteiger partial charge >= 0.3 is 6.03 Å². The number of methoxy groups -OCH3 is 1. The van der Waals surface area contributed by atoms with Crippen molar-refractivity contribution < 1.29 is 14.3 Å². The smallest absolute Gasteiger partial charge is 0.321 e. The summed E-state index contributed by atoms with van der Waals surface area (Å²) < 4.78 is 11.2. The van der Waals surface area contributed by atoms with Crippen LogP contribution in [0, 0.1) is 0 Å². The predicted molar refractivity (Wildman–Crippen MR) is 96.5 cm³/mol. The zero-order chi connectivity index (χ0) is 17.6. The van der Waals surface area contributed by atoms with Crippen LogP contribution in [0.1, 0.15) is 12.8 Å². The van der Waals surface area contributed by atoms with Gasteiger partial charge < -0.3 is 19.7 Å². The lowest BCUT2D eigenvalue weighted by Gasteiger charge is -2.32. The number of nitrogens with one attached hydrogen (secondary N) is 1. The van der Waals surface area contributed by atoms with Gasteiger partial charge in [-0.05, 0) is 30.3 Å². The van der Waals surface area contributed by atoms with Gasteiger partial charge in [-0.15, -0.1) is 0 Å². The number of hydrogen-bond acceptors (Lipinski definition) is 4. The summed E-state index contributed by atoms with van der Waals surface area (Å²) in [6, 6.07) is 8.64. The van der Waals surface area contributed by atoms with E-state index in [4.69, 9.17) is 21.1 Å². The highest BCUT2D eigenvalue weighted by molar-refractivity contribution is 6.31. The number of rotatable bonds is 4. The van der Waals surface area contributed by atoms with Crippen molar-refractivity contribution in [1.29, 1.82) is 0 Å². The number of carbonyl (C=O) groups is 1. The summed E-state index contributed by atoms with van der Waals surface area (Å²) in [5.41, 5.74) is 0.565. The first-order chi connectivity index (χ1) is 12.2. The number of anilines is 1. The Bertz CT molecular complexity index is 719. The predicted octanol–water partition coefficient (Wildman–Crippen LogP) is 3.82. The van der Waals surface area contributed by atoms with Crippen LogP contribution < -0.4 is 14.8 Å². The van der Waals surface area contributed by atoms with E-state index in [1.165, 1.54) is 0 Å². The third-order valence-electron chi connectivity index (χ3n) is 4.08. The van der Waals surface area contributed by atoms with Crippen molar-refractivity contribution in [2.24, 2.45) is 0 Å². The first kappa shape index (κ1) is 17.4. The van der Waals surface area contributed by atoms with Gasteiger partial charge in [0.2, 0.25) is 0 Å². The molecule has 1 aliphatic rings. The van der Waals surface area contributed by atoms with E-state index in [0.717, 1.165) is 18.6 Å². The van der Waals surface area contributed by atoms with Gasteiger partial charge in [-0.1, -0.05) is 11.6 Å². The molecule has 6 nitrogen and oxygen atoms in total. The highest BCUT2D eigenvalue weighted by Crippen LogP contribution is 2.28. The molecule has 0 atom stereocenters. The highest BCUT2D eigenvalue weighted by Gasteiger charge is 2.24. The first-order valence-electron chi connectivity index (χ1n) is 8.12. The van der Waals surface area contributed by atoms with Crippen LogP contribution in [-0.4, -0.2) is 42.2 Å². The van der Waals surface area contributed by atoms with Crippen LogP contribution in [0.25, 0.3) is 0 Å². The summed E-state index contributed by atoms with van der Waals surface area (Å²) in [4.78, 5) is 18.2. The number of hydrogen-bond donors (Lipinski definition) is 1. The van der Waals surface area contributed by atoms with E-state index < -0.39 is 0 Å². The van der Waals surface area contributed by atoms with Crippen molar-refractivity contribution >= 4 is 23.3 Å². The zero-order valence-electron chi connectivity index (χ0n) is 13.9. The molecule has 0 radical (unpaired) electrons. The molecule has 2 heterocycles. The van der Waals surface area contributed by atoms with E-state index in [0.29, 0.717) is 29.5 Å². The van der Waals surface area contributed by atoms with Crippen LogP contribution in [0.4, 0.5) is 10.5 Å². The van der Waals surface area contributed by atoms with Gasteiger partial charge in [-0.3, -0.25) is 4.98 Å².